The maximum atomic E-state index is 13.1. The second kappa shape index (κ2) is 3.59. The zero-order valence-corrected chi connectivity index (χ0v) is 9.16. The van der Waals surface area contributed by atoms with Crippen LogP contribution in [0, 0.1) is 5.82 Å². The van der Waals surface area contributed by atoms with Gasteiger partial charge in [0.25, 0.3) is 0 Å². The van der Waals surface area contributed by atoms with Crippen LogP contribution in [0.1, 0.15) is 25.2 Å². The SMILES string of the molecule is CC(C)(c1cccc(F)c1)c1nc(N)n[nH]1. The summed E-state index contributed by atoms with van der Waals surface area (Å²) in [7, 11) is 0. The molecule has 4 nitrogen and oxygen atoms in total. The number of nitrogen functional groups attached to an aromatic ring is 1. The summed E-state index contributed by atoms with van der Waals surface area (Å²) in [5.41, 5.74) is 5.83. The molecule has 0 fully saturated rings. The van der Waals surface area contributed by atoms with Gasteiger partial charge in [0, 0.05) is 5.41 Å². The van der Waals surface area contributed by atoms with Gasteiger partial charge in [-0.3, -0.25) is 5.10 Å². The van der Waals surface area contributed by atoms with Gasteiger partial charge < -0.3 is 5.73 Å². The number of rotatable bonds is 2. The fourth-order valence-corrected chi connectivity index (χ4v) is 1.57. The number of halogens is 1. The van der Waals surface area contributed by atoms with E-state index in [9.17, 15) is 4.39 Å². The van der Waals surface area contributed by atoms with Gasteiger partial charge in [-0.05, 0) is 31.5 Å². The fraction of sp³-hybridized carbons (Fsp3) is 0.273. The highest BCUT2D eigenvalue weighted by Gasteiger charge is 2.27. The minimum atomic E-state index is -0.452. The van der Waals surface area contributed by atoms with E-state index in [4.69, 9.17) is 5.73 Å². The smallest absolute Gasteiger partial charge is 0.239 e. The second-order valence-electron chi connectivity index (χ2n) is 4.18. The normalized spacial score (nSPS) is 11.7. The number of H-pyrrole nitrogens is 1. The van der Waals surface area contributed by atoms with Crippen LogP contribution >= 0.6 is 0 Å². The summed E-state index contributed by atoms with van der Waals surface area (Å²) in [6, 6.07) is 6.42. The van der Waals surface area contributed by atoms with Gasteiger partial charge in [0.05, 0.1) is 0 Å². The maximum Gasteiger partial charge on any atom is 0.239 e. The molecule has 0 aliphatic rings. The Hall–Kier alpha value is -1.91. The Balaban J connectivity index is 2.46. The quantitative estimate of drug-likeness (QED) is 0.811. The molecule has 0 aliphatic carbocycles. The topological polar surface area (TPSA) is 67.6 Å². The van der Waals surface area contributed by atoms with Gasteiger partial charge >= 0.3 is 0 Å². The lowest BCUT2D eigenvalue weighted by atomic mass is 9.84. The lowest BCUT2D eigenvalue weighted by molar-refractivity contribution is 0.576. The van der Waals surface area contributed by atoms with Gasteiger partial charge in [0.2, 0.25) is 5.95 Å². The lowest BCUT2D eigenvalue weighted by Crippen LogP contribution is -2.21. The Morgan fingerprint density at radius 3 is 2.69 bits per heavy atom. The van der Waals surface area contributed by atoms with Crippen molar-refractivity contribution in [3.8, 4) is 0 Å². The Labute approximate surface area is 92.7 Å². The van der Waals surface area contributed by atoms with Crippen molar-refractivity contribution in [2.45, 2.75) is 19.3 Å². The number of nitrogens with zero attached hydrogens (tertiary/aromatic N) is 2. The highest BCUT2D eigenvalue weighted by molar-refractivity contribution is 5.32. The Morgan fingerprint density at radius 1 is 1.38 bits per heavy atom. The zero-order valence-electron chi connectivity index (χ0n) is 9.16. The van der Waals surface area contributed by atoms with E-state index >= 15 is 0 Å². The van der Waals surface area contributed by atoms with Crippen molar-refractivity contribution >= 4 is 5.95 Å². The summed E-state index contributed by atoms with van der Waals surface area (Å²) >= 11 is 0. The number of aromatic amines is 1. The first-order valence-electron chi connectivity index (χ1n) is 4.94. The molecule has 0 bridgehead atoms. The number of hydrogen-bond acceptors (Lipinski definition) is 3. The van der Waals surface area contributed by atoms with E-state index < -0.39 is 5.41 Å². The highest BCUT2D eigenvalue weighted by atomic mass is 19.1. The van der Waals surface area contributed by atoms with Crippen LogP contribution in [0.25, 0.3) is 0 Å². The average molecular weight is 220 g/mol. The third-order valence-electron chi connectivity index (χ3n) is 2.64. The summed E-state index contributed by atoms with van der Waals surface area (Å²) < 4.78 is 13.1. The number of anilines is 1. The number of nitrogens with two attached hydrogens (primary N) is 1. The van der Waals surface area contributed by atoms with Gasteiger partial charge in [0.15, 0.2) is 0 Å². The first kappa shape index (κ1) is 10.6. The van der Waals surface area contributed by atoms with Crippen LogP contribution in [0.15, 0.2) is 24.3 Å². The van der Waals surface area contributed by atoms with Crippen LogP contribution in [0.4, 0.5) is 10.3 Å². The van der Waals surface area contributed by atoms with E-state index in [0.717, 1.165) is 5.56 Å². The standard InChI is InChI=1S/C11H13FN4/c1-11(2,9-14-10(13)16-15-9)7-4-3-5-8(12)6-7/h3-6H,1-2H3,(H3,13,14,15,16). The van der Waals surface area contributed by atoms with Gasteiger partial charge in [-0.25, -0.2) is 4.39 Å². The molecule has 0 aliphatic heterocycles. The van der Waals surface area contributed by atoms with Crippen LogP contribution in [-0.2, 0) is 5.41 Å². The van der Waals surface area contributed by atoms with E-state index in [1.165, 1.54) is 12.1 Å². The largest absolute Gasteiger partial charge is 0.367 e. The van der Waals surface area contributed by atoms with Crippen molar-refractivity contribution in [1.29, 1.82) is 0 Å². The Bertz CT molecular complexity index is 504. The molecule has 0 saturated carbocycles. The van der Waals surface area contributed by atoms with E-state index in [1.54, 1.807) is 6.07 Å². The molecule has 1 heterocycles. The monoisotopic (exact) mass is 220 g/mol. The molecule has 16 heavy (non-hydrogen) atoms. The van der Waals surface area contributed by atoms with Crippen molar-refractivity contribution < 1.29 is 4.39 Å². The Kier molecular flexibility index (Phi) is 2.38. The van der Waals surface area contributed by atoms with Crippen LogP contribution in [0.3, 0.4) is 0 Å². The van der Waals surface area contributed by atoms with E-state index in [-0.39, 0.29) is 11.8 Å². The molecule has 84 valence electrons. The third-order valence-corrected chi connectivity index (χ3v) is 2.64. The first-order chi connectivity index (χ1) is 7.50. The second-order valence-corrected chi connectivity index (χ2v) is 4.18. The van der Waals surface area contributed by atoms with Gasteiger partial charge in [0.1, 0.15) is 11.6 Å². The van der Waals surface area contributed by atoms with Crippen LogP contribution in [-0.4, -0.2) is 15.2 Å². The molecule has 2 aromatic rings. The van der Waals surface area contributed by atoms with Crippen LogP contribution < -0.4 is 5.73 Å². The minimum Gasteiger partial charge on any atom is -0.367 e. The maximum absolute atomic E-state index is 13.1. The van der Waals surface area contributed by atoms with Gasteiger partial charge in [-0.15, -0.1) is 5.10 Å². The number of aromatic nitrogens is 3. The summed E-state index contributed by atoms with van der Waals surface area (Å²) in [6.45, 7) is 3.86. The van der Waals surface area contributed by atoms with Crippen molar-refractivity contribution in [1.82, 2.24) is 15.2 Å². The predicted molar refractivity (Wildman–Crippen MR) is 59.3 cm³/mol. The molecular weight excluding hydrogens is 207 g/mol. The number of benzene rings is 1. The summed E-state index contributed by atoms with van der Waals surface area (Å²) in [5, 5.41) is 6.53. The van der Waals surface area contributed by atoms with E-state index in [1.807, 2.05) is 19.9 Å². The van der Waals surface area contributed by atoms with Gasteiger partial charge in [-0.2, -0.15) is 4.98 Å². The summed E-state index contributed by atoms with van der Waals surface area (Å²) in [4.78, 5) is 4.08. The molecular formula is C11H13FN4. The molecule has 3 N–H and O–H groups in total. The Morgan fingerprint density at radius 2 is 2.12 bits per heavy atom. The van der Waals surface area contributed by atoms with Crippen molar-refractivity contribution in [3.05, 3.63) is 41.5 Å². The molecule has 0 saturated heterocycles. The molecule has 0 unspecified atom stereocenters. The molecule has 5 heteroatoms. The third kappa shape index (κ3) is 1.76. The average Bonchev–Trinajstić information content (AvgIpc) is 2.65. The number of hydrogen-bond donors (Lipinski definition) is 2. The van der Waals surface area contributed by atoms with Crippen LogP contribution in [0.2, 0.25) is 0 Å². The summed E-state index contributed by atoms with van der Waals surface area (Å²) in [5.74, 6) is 0.549. The molecule has 1 aromatic heterocycles. The van der Waals surface area contributed by atoms with Crippen molar-refractivity contribution in [3.63, 3.8) is 0 Å². The predicted octanol–water partition coefficient (Wildman–Crippen LogP) is 1.85. The zero-order chi connectivity index (χ0) is 11.8. The van der Waals surface area contributed by atoms with E-state index in [2.05, 4.69) is 15.2 Å². The molecule has 0 amide bonds. The van der Waals surface area contributed by atoms with Crippen molar-refractivity contribution in [2.24, 2.45) is 0 Å². The van der Waals surface area contributed by atoms with Crippen molar-refractivity contribution in [2.75, 3.05) is 5.73 Å². The lowest BCUT2D eigenvalue weighted by Gasteiger charge is -2.22. The summed E-state index contributed by atoms with van der Waals surface area (Å²) in [6.07, 6.45) is 0. The molecule has 0 atom stereocenters. The van der Waals surface area contributed by atoms with E-state index in [0.29, 0.717) is 5.82 Å². The highest BCUT2D eigenvalue weighted by Crippen LogP contribution is 2.29. The molecule has 2 rings (SSSR count). The minimum absolute atomic E-state index is 0.194. The van der Waals surface area contributed by atoms with Gasteiger partial charge in [-0.1, -0.05) is 12.1 Å². The number of nitrogens with one attached hydrogen (secondary N) is 1. The molecule has 1 aromatic carbocycles. The fourth-order valence-electron chi connectivity index (χ4n) is 1.57. The first-order valence-corrected chi connectivity index (χ1v) is 4.94. The molecule has 0 spiro atoms. The van der Waals surface area contributed by atoms with Crippen LogP contribution in [0.5, 0.6) is 0 Å². The molecule has 0 radical (unpaired) electrons.